The highest BCUT2D eigenvalue weighted by atomic mass is 32.1. The Morgan fingerprint density at radius 3 is 2.58 bits per heavy atom. The molecular weight excluding hydrogens is 425 g/mol. The minimum atomic E-state index is -4.58. The average Bonchev–Trinajstić information content (AvgIpc) is 3.23. The van der Waals surface area contributed by atoms with Crippen molar-refractivity contribution in [3.8, 4) is 6.07 Å². The Bertz CT molecular complexity index is 968. The summed E-state index contributed by atoms with van der Waals surface area (Å²) >= 11 is 1.70. The minimum Gasteiger partial charge on any atom is -0.334 e. The van der Waals surface area contributed by atoms with Gasteiger partial charge in [-0.05, 0) is 66.0 Å². The van der Waals surface area contributed by atoms with Crippen LogP contribution in [0, 0.1) is 16.7 Å². The SMILES string of the molecule is N#Cc1ccc(CNC(=O)N2CC3(CCN(Cc4ccsc4)CC3)C2)c(C(F)(F)F)c1. The first-order chi connectivity index (χ1) is 14.8. The van der Waals surface area contributed by atoms with Gasteiger partial charge < -0.3 is 10.2 Å². The van der Waals surface area contributed by atoms with Crippen LogP contribution in [0.5, 0.6) is 0 Å². The van der Waals surface area contributed by atoms with Gasteiger partial charge in [0, 0.05) is 31.6 Å². The number of carbonyl (C=O) groups excluding carboxylic acids is 1. The highest BCUT2D eigenvalue weighted by Gasteiger charge is 2.46. The van der Waals surface area contributed by atoms with Crippen LogP contribution in [0.1, 0.15) is 35.1 Å². The Morgan fingerprint density at radius 1 is 1.23 bits per heavy atom. The molecule has 9 heteroatoms. The number of nitriles is 1. The van der Waals surface area contributed by atoms with Crippen LogP contribution in [-0.2, 0) is 19.3 Å². The summed E-state index contributed by atoms with van der Waals surface area (Å²) in [5.74, 6) is 0. The molecule has 0 radical (unpaired) electrons. The Morgan fingerprint density at radius 2 is 1.97 bits per heavy atom. The van der Waals surface area contributed by atoms with Gasteiger partial charge in [-0.2, -0.15) is 29.8 Å². The van der Waals surface area contributed by atoms with Crippen LogP contribution in [0.4, 0.5) is 18.0 Å². The lowest BCUT2D eigenvalue weighted by molar-refractivity contribution is -0.138. The van der Waals surface area contributed by atoms with Crippen molar-refractivity contribution in [2.45, 2.75) is 32.1 Å². The molecular formula is C22H23F3N4OS. The van der Waals surface area contributed by atoms with E-state index in [2.05, 4.69) is 27.0 Å². The fourth-order valence-corrected chi connectivity index (χ4v) is 5.06. The van der Waals surface area contributed by atoms with Crippen LogP contribution in [0.3, 0.4) is 0 Å². The number of carbonyl (C=O) groups is 1. The predicted octanol–water partition coefficient (Wildman–Crippen LogP) is 4.45. The van der Waals surface area contributed by atoms with Crippen molar-refractivity contribution in [1.82, 2.24) is 15.1 Å². The highest BCUT2D eigenvalue weighted by Crippen LogP contribution is 2.40. The fraction of sp³-hybridized carbons (Fsp3) is 0.455. The third kappa shape index (κ3) is 4.86. The van der Waals surface area contributed by atoms with Crippen LogP contribution in [-0.4, -0.2) is 42.0 Å². The second kappa shape index (κ2) is 8.52. The van der Waals surface area contributed by atoms with Crippen LogP contribution >= 0.6 is 11.3 Å². The van der Waals surface area contributed by atoms with Crippen LogP contribution in [0.2, 0.25) is 0 Å². The quantitative estimate of drug-likeness (QED) is 0.752. The van der Waals surface area contributed by atoms with Gasteiger partial charge in [0.15, 0.2) is 0 Å². The maximum absolute atomic E-state index is 13.3. The first-order valence-electron chi connectivity index (χ1n) is 10.1. The number of nitrogens with one attached hydrogen (secondary N) is 1. The first-order valence-corrected chi connectivity index (χ1v) is 11.1. The molecule has 0 saturated carbocycles. The summed E-state index contributed by atoms with van der Waals surface area (Å²) in [5.41, 5.74) is 0.476. The Hall–Kier alpha value is -2.57. The van der Waals surface area contributed by atoms with Crippen molar-refractivity contribution < 1.29 is 18.0 Å². The Balaban J connectivity index is 1.27. The lowest BCUT2D eigenvalue weighted by atomic mass is 9.72. The monoisotopic (exact) mass is 448 g/mol. The average molecular weight is 449 g/mol. The summed E-state index contributed by atoms with van der Waals surface area (Å²) in [6.07, 6.45) is -2.53. The Kier molecular flexibility index (Phi) is 5.95. The van der Waals surface area contributed by atoms with Gasteiger partial charge in [0.25, 0.3) is 0 Å². The molecule has 2 fully saturated rings. The van der Waals surface area contributed by atoms with E-state index >= 15 is 0 Å². The number of nitrogens with zero attached hydrogens (tertiary/aromatic N) is 3. The van der Waals surface area contributed by atoms with Crippen molar-refractivity contribution in [1.29, 1.82) is 5.26 Å². The van der Waals surface area contributed by atoms with E-state index in [1.165, 1.54) is 17.7 Å². The molecule has 0 bridgehead atoms. The maximum atomic E-state index is 13.3. The number of hydrogen-bond acceptors (Lipinski definition) is 4. The number of halogens is 3. The predicted molar refractivity (Wildman–Crippen MR) is 111 cm³/mol. The molecule has 2 saturated heterocycles. The number of urea groups is 1. The summed E-state index contributed by atoms with van der Waals surface area (Å²) in [6, 6.07) is 6.92. The molecule has 0 unspecified atom stereocenters. The van der Waals surface area contributed by atoms with E-state index in [1.54, 1.807) is 22.3 Å². The molecule has 1 spiro atoms. The van der Waals surface area contributed by atoms with Gasteiger partial charge in [-0.15, -0.1) is 0 Å². The smallest absolute Gasteiger partial charge is 0.334 e. The van der Waals surface area contributed by atoms with Crippen molar-refractivity contribution in [2.24, 2.45) is 5.41 Å². The van der Waals surface area contributed by atoms with Gasteiger partial charge in [-0.25, -0.2) is 4.79 Å². The lowest BCUT2D eigenvalue weighted by Crippen LogP contribution is -2.63. The summed E-state index contributed by atoms with van der Waals surface area (Å²) in [4.78, 5) is 16.6. The minimum absolute atomic E-state index is 0.0446. The zero-order valence-corrected chi connectivity index (χ0v) is 17.7. The van der Waals surface area contributed by atoms with Gasteiger partial charge in [0.05, 0.1) is 17.2 Å². The maximum Gasteiger partial charge on any atom is 0.416 e. The summed E-state index contributed by atoms with van der Waals surface area (Å²) in [5, 5.41) is 15.7. The van der Waals surface area contributed by atoms with Crippen molar-refractivity contribution in [3.63, 3.8) is 0 Å². The molecule has 2 amide bonds. The van der Waals surface area contributed by atoms with Gasteiger partial charge >= 0.3 is 12.2 Å². The molecule has 2 aromatic rings. The molecule has 1 N–H and O–H groups in total. The standard InChI is InChI=1S/C22H23F3N4OS/c23-22(24,25)19-9-16(10-26)1-2-18(19)11-27-20(30)29-14-21(15-29)4-6-28(7-5-21)12-17-3-8-31-13-17/h1-3,8-9,13H,4-7,11-12,14-15H2,(H,27,30). The van der Waals surface area contributed by atoms with E-state index in [-0.39, 0.29) is 29.1 Å². The number of benzene rings is 1. The van der Waals surface area contributed by atoms with Crippen LogP contribution in [0.15, 0.2) is 35.0 Å². The van der Waals surface area contributed by atoms with E-state index in [1.807, 2.05) is 0 Å². The number of piperidine rings is 1. The van der Waals surface area contributed by atoms with Crippen LogP contribution in [0.25, 0.3) is 0 Å². The zero-order chi connectivity index (χ0) is 22.1. The number of alkyl halides is 3. The number of likely N-dealkylation sites (tertiary alicyclic amines) is 2. The highest BCUT2D eigenvalue weighted by molar-refractivity contribution is 7.07. The van der Waals surface area contributed by atoms with Gasteiger partial charge in [-0.1, -0.05) is 6.07 Å². The molecule has 2 aliphatic rings. The van der Waals surface area contributed by atoms with E-state index < -0.39 is 11.7 Å². The topological polar surface area (TPSA) is 59.4 Å². The molecule has 0 aliphatic carbocycles. The zero-order valence-electron chi connectivity index (χ0n) is 16.9. The van der Waals surface area contributed by atoms with Crippen LogP contribution < -0.4 is 5.32 Å². The van der Waals surface area contributed by atoms with Crippen molar-refractivity contribution >= 4 is 17.4 Å². The lowest BCUT2D eigenvalue weighted by Gasteiger charge is -2.53. The molecule has 31 heavy (non-hydrogen) atoms. The molecule has 0 atom stereocenters. The largest absolute Gasteiger partial charge is 0.416 e. The third-order valence-corrected chi connectivity index (χ3v) is 6.95. The number of hydrogen-bond donors (Lipinski definition) is 1. The van der Waals surface area contributed by atoms with Gasteiger partial charge in [0.2, 0.25) is 0 Å². The second-order valence-corrected chi connectivity index (χ2v) is 9.18. The van der Waals surface area contributed by atoms with Gasteiger partial charge in [-0.3, -0.25) is 4.90 Å². The number of thiophene rings is 1. The second-order valence-electron chi connectivity index (χ2n) is 8.40. The summed E-state index contributed by atoms with van der Waals surface area (Å²) < 4.78 is 39.8. The van der Waals surface area contributed by atoms with Gasteiger partial charge in [0.1, 0.15) is 0 Å². The van der Waals surface area contributed by atoms with E-state index in [0.29, 0.717) is 13.1 Å². The van der Waals surface area contributed by atoms with E-state index in [9.17, 15) is 18.0 Å². The summed E-state index contributed by atoms with van der Waals surface area (Å²) in [7, 11) is 0. The van der Waals surface area contributed by atoms with Crippen molar-refractivity contribution in [3.05, 3.63) is 57.3 Å². The summed E-state index contributed by atoms with van der Waals surface area (Å²) in [6.45, 7) is 4.00. The number of amides is 2. The van der Waals surface area contributed by atoms with E-state index in [0.717, 1.165) is 38.5 Å². The molecule has 5 nitrogen and oxygen atoms in total. The normalized spacial score (nSPS) is 18.5. The third-order valence-electron chi connectivity index (χ3n) is 6.22. The Labute approximate surface area is 183 Å². The fourth-order valence-electron chi connectivity index (χ4n) is 4.40. The first kappa shape index (κ1) is 21.7. The molecule has 1 aromatic heterocycles. The van der Waals surface area contributed by atoms with Crippen molar-refractivity contribution in [2.75, 3.05) is 26.2 Å². The molecule has 1 aromatic carbocycles. The molecule has 3 heterocycles. The molecule has 4 rings (SSSR count). The molecule has 2 aliphatic heterocycles. The molecule has 164 valence electrons. The number of rotatable bonds is 4. The van der Waals surface area contributed by atoms with E-state index in [4.69, 9.17) is 5.26 Å².